The minimum atomic E-state index is -4.21. The van der Waals surface area contributed by atoms with Crippen LogP contribution in [-0.2, 0) is 4.74 Å². The number of halogens is 3. The van der Waals surface area contributed by atoms with Crippen LogP contribution in [0.3, 0.4) is 0 Å². The molecule has 0 radical (unpaired) electrons. The molecule has 2 rings (SSSR count). The van der Waals surface area contributed by atoms with Gasteiger partial charge in [0.15, 0.2) is 0 Å². The Labute approximate surface area is 99.9 Å². The fourth-order valence-electron chi connectivity index (χ4n) is 3.21. The molecule has 5 heteroatoms. The summed E-state index contributed by atoms with van der Waals surface area (Å²) in [6.45, 7) is 0.364. The summed E-state index contributed by atoms with van der Waals surface area (Å²) in [5.74, 6) is 0. The van der Waals surface area contributed by atoms with Crippen molar-refractivity contribution in [3.05, 3.63) is 0 Å². The monoisotopic (exact) mass is 251 g/mol. The molecule has 0 bridgehead atoms. The molecular weight excluding hydrogens is 231 g/mol. The van der Waals surface area contributed by atoms with Crippen LogP contribution in [0.5, 0.6) is 0 Å². The largest absolute Gasteiger partial charge is 0.411 e. The summed E-state index contributed by atoms with van der Waals surface area (Å²) in [5, 5.41) is 3.15. The van der Waals surface area contributed by atoms with Crippen molar-refractivity contribution in [3.8, 4) is 0 Å². The minimum Gasteiger partial charge on any atom is -0.367 e. The van der Waals surface area contributed by atoms with Crippen molar-refractivity contribution in [2.75, 3.05) is 19.7 Å². The predicted octanol–water partition coefficient (Wildman–Crippen LogP) is 2.88. The lowest BCUT2D eigenvalue weighted by atomic mass is 9.66. The van der Waals surface area contributed by atoms with Gasteiger partial charge in [-0.3, -0.25) is 0 Å². The molecule has 1 saturated carbocycles. The van der Waals surface area contributed by atoms with E-state index < -0.39 is 12.8 Å². The van der Waals surface area contributed by atoms with E-state index in [9.17, 15) is 13.2 Å². The molecule has 1 atom stereocenters. The highest BCUT2D eigenvalue weighted by molar-refractivity contribution is 4.94. The molecular formula is C12H20F3NO. The molecule has 0 aromatic heterocycles. The van der Waals surface area contributed by atoms with E-state index in [0.717, 1.165) is 38.6 Å². The maximum Gasteiger partial charge on any atom is 0.411 e. The Kier molecular flexibility index (Phi) is 3.98. The normalized spacial score (nSPS) is 29.5. The summed E-state index contributed by atoms with van der Waals surface area (Å²) in [6, 6.07) is 0. The summed E-state index contributed by atoms with van der Waals surface area (Å²) in [6.07, 6.45) is 1.99. The van der Waals surface area contributed by atoms with Gasteiger partial charge in [-0.15, -0.1) is 0 Å². The molecule has 1 aliphatic carbocycles. The van der Waals surface area contributed by atoms with Crippen molar-refractivity contribution < 1.29 is 17.9 Å². The van der Waals surface area contributed by atoms with Crippen LogP contribution in [0.15, 0.2) is 0 Å². The summed E-state index contributed by atoms with van der Waals surface area (Å²) >= 11 is 0. The summed E-state index contributed by atoms with van der Waals surface area (Å²) in [7, 11) is 0. The molecule has 1 heterocycles. The Morgan fingerprint density at radius 1 is 1.12 bits per heavy atom. The van der Waals surface area contributed by atoms with Crippen LogP contribution in [0.4, 0.5) is 13.2 Å². The van der Waals surface area contributed by atoms with Gasteiger partial charge in [0, 0.05) is 6.54 Å². The quantitative estimate of drug-likeness (QED) is 0.814. The average molecular weight is 251 g/mol. The zero-order valence-electron chi connectivity index (χ0n) is 9.98. The molecule has 0 amide bonds. The van der Waals surface area contributed by atoms with Gasteiger partial charge in [-0.25, -0.2) is 0 Å². The first-order valence-corrected chi connectivity index (χ1v) is 6.41. The molecule has 17 heavy (non-hydrogen) atoms. The molecule has 1 saturated heterocycles. The number of hydrogen-bond acceptors (Lipinski definition) is 2. The van der Waals surface area contributed by atoms with E-state index in [1.165, 1.54) is 6.42 Å². The van der Waals surface area contributed by atoms with Gasteiger partial charge in [-0.1, -0.05) is 19.3 Å². The lowest BCUT2D eigenvalue weighted by Crippen LogP contribution is -2.52. The summed E-state index contributed by atoms with van der Waals surface area (Å²) < 4.78 is 41.8. The minimum absolute atomic E-state index is 0.00868. The van der Waals surface area contributed by atoms with Gasteiger partial charge in [0.1, 0.15) is 6.61 Å². The number of alkyl halides is 3. The van der Waals surface area contributed by atoms with Crippen LogP contribution in [0.2, 0.25) is 0 Å². The first-order chi connectivity index (χ1) is 8.02. The predicted molar refractivity (Wildman–Crippen MR) is 58.8 cm³/mol. The number of rotatable bonds is 2. The van der Waals surface area contributed by atoms with Gasteiger partial charge in [0.25, 0.3) is 0 Å². The number of hydrogen-bond donors (Lipinski definition) is 1. The van der Waals surface area contributed by atoms with Crippen LogP contribution < -0.4 is 5.32 Å². The van der Waals surface area contributed by atoms with Crippen LogP contribution in [0.1, 0.15) is 38.5 Å². The van der Waals surface area contributed by atoms with Gasteiger partial charge >= 0.3 is 6.18 Å². The van der Waals surface area contributed by atoms with E-state index in [0.29, 0.717) is 6.54 Å². The third-order valence-corrected chi connectivity index (χ3v) is 4.11. The molecule has 0 aromatic rings. The number of ether oxygens (including phenoxy) is 1. The Hall–Kier alpha value is -0.290. The van der Waals surface area contributed by atoms with Crippen LogP contribution in [0, 0.1) is 5.41 Å². The lowest BCUT2D eigenvalue weighted by molar-refractivity contribution is -0.203. The second-order valence-corrected chi connectivity index (χ2v) is 5.29. The third kappa shape index (κ3) is 3.35. The van der Waals surface area contributed by atoms with Crippen molar-refractivity contribution in [1.29, 1.82) is 0 Å². The van der Waals surface area contributed by atoms with Gasteiger partial charge in [0.05, 0.1) is 6.10 Å². The van der Waals surface area contributed by atoms with E-state index in [4.69, 9.17) is 4.74 Å². The van der Waals surface area contributed by atoms with E-state index in [2.05, 4.69) is 5.32 Å². The van der Waals surface area contributed by atoms with Gasteiger partial charge in [-0.05, 0) is 31.2 Å². The van der Waals surface area contributed by atoms with E-state index >= 15 is 0 Å². The summed E-state index contributed by atoms with van der Waals surface area (Å²) in [4.78, 5) is 0. The van der Waals surface area contributed by atoms with Crippen molar-refractivity contribution in [2.24, 2.45) is 5.41 Å². The molecule has 2 aliphatic rings. The Morgan fingerprint density at radius 3 is 2.47 bits per heavy atom. The zero-order chi connectivity index (χ0) is 12.4. The molecule has 2 nitrogen and oxygen atoms in total. The van der Waals surface area contributed by atoms with Gasteiger partial charge in [0.2, 0.25) is 0 Å². The molecule has 1 unspecified atom stereocenters. The molecule has 2 fully saturated rings. The van der Waals surface area contributed by atoms with Crippen LogP contribution in [0.25, 0.3) is 0 Å². The SMILES string of the molecule is FC(F)(F)COC1CNCCC12CCCCC2. The Morgan fingerprint density at radius 2 is 1.82 bits per heavy atom. The number of piperidine rings is 1. The van der Waals surface area contributed by atoms with Crippen molar-refractivity contribution in [3.63, 3.8) is 0 Å². The van der Waals surface area contributed by atoms with Crippen molar-refractivity contribution in [1.82, 2.24) is 5.32 Å². The maximum absolute atomic E-state index is 12.2. The van der Waals surface area contributed by atoms with Crippen LogP contribution in [-0.4, -0.2) is 32.0 Å². The highest BCUT2D eigenvalue weighted by Gasteiger charge is 2.43. The fraction of sp³-hybridized carbons (Fsp3) is 1.00. The smallest absolute Gasteiger partial charge is 0.367 e. The van der Waals surface area contributed by atoms with E-state index in [1.807, 2.05) is 0 Å². The zero-order valence-corrected chi connectivity index (χ0v) is 9.98. The van der Waals surface area contributed by atoms with Crippen molar-refractivity contribution in [2.45, 2.75) is 50.8 Å². The Bertz CT molecular complexity index is 240. The fourth-order valence-corrected chi connectivity index (χ4v) is 3.21. The van der Waals surface area contributed by atoms with Gasteiger partial charge in [-0.2, -0.15) is 13.2 Å². The Balaban J connectivity index is 1.96. The van der Waals surface area contributed by atoms with Gasteiger partial charge < -0.3 is 10.1 Å². The third-order valence-electron chi connectivity index (χ3n) is 4.11. The number of nitrogens with one attached hydrogen (secondary N) is 1. The molecule has 100 valence electrons. The highest BCUT2D eigenvalue weighted by Crippen LogP contribution is 2.44. The van der Waals surface area contributed by atoms with Crippen LogP contribution >= 0.6 is 0 Å². The standard InChI is InChI=1S/C12H20F3NO/c13-12(14,15)9-17-10-8-16-7-6-11(10)4-2-1-3-5-11/h10,16H,1-9H2. The van der Waals surface area contributed by atoms with Crippen molar-refractivity contribution >= 4 is 0 Å². The molecule has 0 aromatic carbocycles. The topological polar surface area (TPSA) is 21.3 Å². The highest BCUT2D eigenvalue weighted by atomic mass is 19.4. The maximum atomic E-state index is 12.2. The molecule has 1 aliphatic heterocycles. The van der Waals surface area contributed by atoms with E-state index in [-0.39, 0.29) is 11.5 Å². The first kappa shape index (κ1) is 13.1. The molecule has 1 N–H and O–H groups in total. The first-order valence-electron chi connectivity index (χ1n) is 6.41. The second-order valence-electron chi connectivity index (χ2n) is 5.29. The average Bonchev–Trinajstić information content (AvgIpc) is 2.28. The second kappa shape index (κ2) is 5.14. The van der Waals surface area contributed by atoms with E-state index in [1.54, 1.807) is 0 Å². The molecule has 1 spiro atoms. The lowest BCUT2D eigenvalue weighted by Gasteiger charge is -2.46. The summed E-state index contributed by atoms with van der Waals surface area (Å²) in [5.41, 5.74) is 0.00868.